The number of ether oxygens (including phenoxy) is 1. The van der Waals surface area contributed by atoms with Gasteiger partial charge < -0.3 is 10.1 Å². The Morgan fingerprint density at radius 1 is 1.03 bits per heavy atom. The fourth-order valence-corrected chi connectivity index (χ4v) is 2.73. The molecule has 0 atom stereocenters. The fourth-order valence-electron chi connectivity index (χ4n) is 2.73. The van der Waals surface area contributed by atoms with E-state index in [-0.39, 0.29) is 5.70 Å². The van der Waals surface area contributed by atoms with Crippen molar-refractivity contribution >= 4 is 11.8 Å². The average molecular weight is 387 g/mol. The first-order valence-electron chi connectivity index (χ1n) is 9.46. The van der Waals surface area contributed by atoms with E-state index in [2.05, 4.69) is 16.9 Å². The molecule has 0 aliphatic carbocycles. The van der Waals surface area contributed by atoms with Crippen LogP contribution in [0.1, 0.15) is 32.0 Å². The Morgan fingerprint density at radius 2 is 1.66 bits per heavy atom. The maximum Gasteiger partial charge on any atom is 0.354 e. The van der Waals surface area contributed by atoms with Crippen LogP contribution in [-0.4, -0.2) is 21.5 Å². The average Bonchev–Trinajstić information content (AvgIpc) is 2.69. The van der Waals surface area contributed by atoms with E-state index in [9.17, 15) is 4.79 Å². The molecule has 3 rings (SSSR count). The van der Waals surface area contributed by atoms with Gasteiger partial charge in [-0.1, -0.05) is 67.2 Å². The van der Waals surface area contributed by atoms with Crippen LogP contribution in [-0.2, 0) is 16.0 Å². The Hall–Kier alpha value is -3.47. The maximum atomic E-state index is 12.3. The second-order valence-corrected chi connectivity index (χ2v) is 7.68. The third kappa shape index (κ3) is 5.75. The van der Waals surface area contributed by atoms with Gasteiger partial charge in [-0.25, -0.2) is 14.8 Å². The summed E-state index contributed by atoms with van der Waals surface area (Å²) >= 11 is 0. The molecule has 1 heterocycles. The van der Waals surface area contributed by atoms with Crippen molar-refractivity contribution in [1.82, 2.24) is 9.97 Å². The zero-order valence-corrected chi connectivity index (χ0v) is 17.0. The standard InChI is InChI=1S/C24H25N3O2/c1-17(23(28)29-24(2,3)4)26-22-20(15-18-11-7-5-8-12-18)27-21(16-25-22)19-13-9-6-10-14-19/h5-14,16H,1,15H2,2-4H3,(H,25,26). The second-order valence-electron chi connectivity index (χ2n) is 7.68. The van der Waals surface area contributed by atoms with Crippen molar-refractivity contribution in [2.75, 3.05) is 5.32 Å². The van der Waals surface area contributed by atoms with Gasteiger partial charge in [0.1, 0.15) is 11.3 Å². The molecule has 0 bridgehead atoms. The van der Waals surface area contributed by atoms with Crippen LogP contribution in [0.4, 0.5) is 5.82 Å². The Balaban J connectivity index is 1.91. The van der Waals surface area contributed by atoms with Gasteiger partial charge in [0, 0.05) is 12.0 Å². The van der Waals surface area contributed by atoms with Crippen molar-refractivity contribution in [1.29, 1.82) is 0 Å². The monoisotopic (exact) mass is 387 g/mol. The highest BCUT2D eigenvalue weighted by Crippen LogP contribution is 2.23. The van der Waals surface area contributed by atoms with Gasteiger partial charge >= 0.3 is 5.97 Å². The van der Waals surface area contributed by atoms with E-state index in [0.717, 1.165) is 22.5 Å². The minimum atomic E-state index is -0.600. The highest BCUT2D eigenvalue weighted by atomic mass is 16.6. The molecule has 0 saturated heterocycles. The zero-order valence-electron chi connectivity index (χ0n) is 17.0. The van der Waals surface area contributed by atoms with Crippen molar-refractivity contribution in [3.05, 3.63) is 90.4 Å². The van der Waals surface area contributed by atoms with Gasteiger partial charge in [0.2, 0.25) is 0 Å². The van der Waals surface area contributed by atoms with Gasteiger partial charge in [-0.2, -0.15) is 0 Å². The van der Waals surface area contributed by atoms with Gasteiger partial charge in [-0.05, 0) is 26.3 Å². The van der Waals surface area contributed by atoms with E-state index in [1.807, 2.05) is 81.4 Å². The highest BCUT2D eigenvalue weighted by molar-refractivity contribution is 5.91. The van der Waals surface area contributed by atoms with E-state index >= 15 is 0 Å². The van der Waals surface area contributed by atoms with E-state index < -0.39 is 11.6 Å². The largest absolute Gasteiger partial charge is 0.455 e. The molecule has 0 amide bonds. The molecular weight excluding hydrogens is 362 g/mol. The molecule has 1 aromatic heterocycles. The zero-order chi connectivity index (χ0) is 20.9. The number of benzene rings is 2. The molecule has 148 valence electrons. The minimum absolute atomic E-state index is 0.121. The quantitative estimate of drug-likeness (QED) is 0.476. The van der Waals surface area contributed by atoms with Gasteiger partial charge in [-0.15, -0.1) is 0 Å². The Bertz CT molecular complexity index is 994. The van der Waals surface area contributed by atoms with E-state index in [4.69, 9.17) is 9.72 Å². The third-order valence-electron chi connectivity index (χ3n) is 4.04. The Labute approximate surface area is 171 Å². The van der Waals surface area contributed by atoms with E-state index in [1.54, 1.807) is 6.20 Å². The van der Waals surface area contributed by atoms with Crippen LogP contribution in [0.15, 0.2) is 79.1 Å². The number of anilines is 1. The topological polar surface area (TPSA) is 64.1 Å². The Morgan fingerprint density at radius 3 is 2.28 bits per heavy atom. The molecule has 1 N–H and O–H groups in total. The first-order chi connectivity index (χ1) is 13.8. The van der Waals surface area contributed by atoms with Crippen LogP contribution >= 0.6 is 0 Å². The molecule has 0 saturated carbocycles. The fraction of sp³-hybridized carbons (Fsp3) is 0.208. The predicted octanol–water partition coefficient (Wildman–Crippen LogP) is 5.00. The van der Waals surface area contributed by atoms with Gasteiger partial charge in [0.05, 0.1) is 17.6 Å². The first-order valence-corrected chi connectivity index (χ1v) is 9.46. The number of hydrogen-bond donors (Lipinski definition) is 1. The summed E-state index contributed by atoms with van der Waals surface area (Å²) in [6.45, 7) is 9.25. The number of nitrogens with zero attached hydrogens (tertiary/aromatic N) is 2. The summed E-state index contributed by atoms with van der Waals surface area (Å²) in [5, 5.41) is 2.99. The van der Waals surface area contributed by atoms with E-state index in [0.29, 0.717) is 12.2 Å². The van der Waals surface area contributed by atoms with Gasteiger partial charge in [0.25, 0.3) is 0 Å². The molecule has 29 heavy (non-hydrogen) atoms. The summed E-state index contributed by atoms with van der Waals surface area (Å²) in [7, 11) is 0. The smallest absolute Gasteiger partial charge is 0.354 e. The van der Waals surface area contributed by atoms with Crippen LogP contribution in [0.2, 0.25) is 0 Å². The second kappa shape index (κ2) is 8.69. The summed E-state index contributed by atoms with van der Waals surface area (Å²) < 4.78 is 5.37. The number of carbonyl (C=O) groups excluding carboxylic acids is 1. The number of nitrogens with one attached hydrogen (secondary N) is 1. The van der Waals surface area contributed by atoms with Crippen LogP contribution in [0.5, 0.6) is 0 Å². The molecule has 0 spiro atoms. The summed E-state index contributed by atoms with van der Waals surface area (Å²) in [5.41, 5.74) is 3.09. The van der Waals surface area contributed by atoms with Crippen molar-refractivity contribution in [3.8, 4) is 11.3 Å². The van der Waals surface area contributed by atoms with Crippen LogP contribution in [0.25, 0.3) is 11.3 Å². The van der Waals surface area contributed by atoms with Crippen molar-refractivity contribution < 1.29 is 9.53 Å². The molecule has 5 nitrogen and oxygen atoms in total. The molecule has 2 aromatic carbocycles. The molecule has 5 heteroatoms. The number of hydrogen-bond acceptors (Lipinski definition) is 5. The summed E-state index contributed by atoms with van der Waals surface area (Å²) in [6.07, 6.45) is 2.26. The minimum Gasteiger partial charge on any atom is -0.455 e. The van der Waals surface area contributed by atoms with Crippen molar-refractivity contribution in [2.45, 2.75) is 32.8 Å². The van der Waals surface area contributed by atoms with Gasteiger partial charge in [0.15, 0.2) is 5.82 Å². The Kier molecular flexibility index (Phi) is 6.07. The predicted molar refractivity (Wildman–Crippen MR) is 115 cm³/mol. The molecule has 0 fully saturated rings. The molecule has 0 aliphatic heterocycles. The number of rotatable bonds is 6. The molecule has 3 aromatic rings. The van der Waals surface area contributed by atoms with Crippen molar-refractivity contribution in [2.24, 2.45) is 0 Å². The van der Waals surface area contributed by atoms with Crippen molar-refractivity contribution in [3.63, 3.8) is 0 Å². The normalized spacial score (nSPS) is 11.0. The van der Waals surface area contributed by atoms with Gasteiger partial charge in [-0.3, -0.25) is 0 Å². The summed E-state index contributed by atoms with van der Waals surface area (Å²) in [5.74, 6) is -0.0264. The lowest BCUT2D eigenvalue weighted by Gasteiger charge is -2.21. The molecule has 0 radical (unpaired) electrons. The SMILES string of the molecule is C=C(Nc1ncc(-c2ccccc2)nc1Cc1ccccc1)C(=O)OC(C)(C)C. The lowest BCUT2D eigenvalue weighted by Crippen LogP contribution is -2.27. The van der Waals surface area contributed by atoms with Crippen LogP contribution < -0.4 is 5.32 Å². The lowest BCUT2D eigenvalue weighted by atomic mass is 10.1. The lowest BCUT2D eigenvalue weighted by molar-refractivity contribution is -0.149. The number of aromatic nitrogens is 2. The van der Waals surface area contributed by atoms with Crippen LogP contribution in [0.3, 0.4) is 0 Å². The molecule has 0 aliphatic rings. The summed E-state index contributed by atoms with van der Waals surface area (Å²) in [4.78, 5) is 21.6. The third-order valence-corrected chi connectivity index (χ3v) is 4.04. The van der Waals surface area contributed by atoms with E-state index in [1.165, 1.54) is 0 Å². The molecular formula is C24H25N3O2. The molecule has 0 unspecified atom stereocenters. The first kappa shape index (κ1) is 20.3. The number of esters is 1. The highest BCUT2D eigenvalue weighted by Gasteiger charge is 2.20. The summed E-state index contributed by atoms with van der Waals surface area (Å²) in [6, 6.07) is 19.9. The van der Waals surface area contributed by atoms with Crippen LogP contribution in [0, 0.1) is 0 Å². The number of carbonyl (C=O) groups is 1. The maximum absolute atomic E-state index is 12.3.